The molecule has 0 N–H and O–H groups in total. The first-order valence-corrected chi connectivity index (χ1v) is 7.50. The molecule has 13 heavy (non-hydrogen) atoms. The zero-order chi connectivity index (χ0) is 9.05. The second kappa shape index (κ2) is 2.51. The van der Waals surface area contributed by atoms with E-state index in [0.29, 0.717) is 4.47 Å². The maximum atomic E-state index is 13.2. The molecule has 1 saturated heterocycles. The maximum Gasteiger partial charge on any atom is 0.137 e. The van der Waals surface area contributed by atoms with E-state index in [1.54, 1.807) is 6.07 Å². The van der Waals surface area contributed by atoms with Crippen LogP contribution >= 0.6 is 26.0 Å². The van der Waals surface area contributed by atoms with Crippen LogP contribution in [-0.4, -0.2) is 11.5 Å². The summed E-state index contributed by atoms with van der Waals surface area (Å²) in [6.45, 7) is 0. The molecule has 0 nitrogen and oxygen atoms in total. The lowest BCUT2D eigenvalue weighted by Gasteiger charge is -2.08. The van der Waals surface area contributed by atoms with Crippen molar-refractivity contribution in [3.05, 3.63) is 33.5 Å². The first-order chi connectivity index (χ1) is 6.19. The minimum atomic E-state index is -0.276. The molecule has 0 bridgehead atoms. The topological polar surface area (TPSA) is 0 Å². The molecule has 3 heteroatoms. The maximum absolute atomic E-state index is 13.2. The molecule has 2 aliphatic rings. The Balaban J connectivity index is 2.09. The van der Waals surface area contributed by atoms with Gasteiger partial charge < -0.3 is 0 Å². The smallest absolute Gasteiger partial charge is 0.137 e. The zero-order valence-corrected chi connectivity index (χ0v) is 9.55. The molecule has 2 aliphatic heterocycles. The van der Waals surface area contributed by atoms with E-state index >= 15 is 0 Å². The Morgan fingerprint density at radius 1 is 1.15 bits per heavy atom. The summed E-state index contributed by atoms with van der Waals surface area (Å²) in [6, 6.07) is 3.70. The lowest BCUT2D eigenvalue weighted by molar-refractivity contribution is 0.619. The Bertz CT molecular complexity index is 352. The predicted molar refractivity (Wildman–Crippen MR) is 58.8 cm³/mol. The van der Waals surface area contributed by atoms with Crippen molar-refractivity contribution in [1.29, 1.82) is 0 Å². The third kappa shape index (κ3) is 1.24. The molecular formula is C10H10BrFS. The van der Waals surface area contributed by atoms with Gasteiger partial charge in [0.2, 0.25) is 0 Å². The van der Waals surface area contributed by atoms with Crippen LogP contribution in [0.1, 0.15) is 11.1 Å². The quantitative estimate of drug-likeness (QED) is 0.628. The van der Waals surface area contributed by atoms with Crippen molar-refractivity contribution in [2.24, 2.45) is 0 Å². The fraction of sp³-hybridized carbons (Fsp3) is 0.400. The van der Waals surface area contributed by atoms with Crippen molar-refractivity contribution >= 4 is 26.0 Å². The molecule has 0 radical (unpaired) electrons. The van der Waals surface area contributed by atoms with Gasteiger partial charge in [0.1, 0.15) is 5.82 Å². The van der Waals surface area contributed by atoms with Crippen molar-refractivity contribution in [2.45, 2.75) is 11.5 Å². The van der Waals surface area contributed by atoms with Crippen molar-refractivity contribution in [3.63, 3.8) is 0 Å². The fourth-order valence-electron chi connectivity index (χ4n) is 2.02. The second-order valence-electron chi connectivity index (χ2n) is 3.96. The van der Waals surface area contributed by atoms with Gasteiger partial charge in [-0.2, -0.15) is 0 Å². The van der Waals surface area contributed by atoms with Gasteiger partial charge in [0, 0.05) is 11.5 Å². The van der Waals surface area contributed by atoms with Crippen LogP contribution in [0.4, 0.5) is 4.39 Å². The normalized spacial score (nSPS) is 24.5. The van der Waals surface area contributed by atoms with Gasteiger partial charge >= 0.3 is 0 Å². The van der Waals surface area contributed by atoms with Crippen molar-refractivity contribution in [2.75, 3.05) is 11.5 Å². The Morgan fingerprint density at radius 2 is 1.77 bits per heavy atom. The average molecular weight is 261 g/mol. The molecule has 0 amide bonds. The molecule has 0 unspecified atom stereocenters. The van der Waals surface area contributed by atoms with E-state index < -0.39 is 0 Å². The minimum Gasteiger partial charge on any atom is -0.231 e. The van der Waals surface area contributed by atoms with Crippen molar-refractivity contribution in [1.82, 2.24) is 0 Å². The summed E-state index contributed by atoms with van der Waals surface area (Å²) >= 11 is 3.24. The van der Waals surface area contributed by atoms with Gasteiger partial charge in [-0.1, -0.05) is 0 Å². The van der Waals surface area contributed by atoms with Crippen LogP contribution in [-0.2, 0) is 11.5 Å². The van der Waals surface area contributed by atoms with Crippen LogP contribution in [0.25, 0.3) is 0 Å². The summed E-state index contributed by atoms with van der Waals surface area (Å²) in [5, 5.41) is 0. The molecule has 1 aromatic rings. The van der Waals surface area contributed by atoms with E-state index in [2.05, 4.69) is 15.9 Å². The molecule has 3 rings (SSSR count). The monoisotopic (exact) mass is 260 g/mol. The Hall–Kier alpha value is -0.0200. The van der Waals surface area contributed by atoms with Gasteiger partial charge in [-0.05, 0) is 50.7 Å². The van der Waals surface area contributed by atoms with Gasteiger partial charge in [-0.3, -0.25) is 0 Å². The highest BCUT2D eigenvalue weighted by Crippen LogP contribution is 2.69. The van der Waals surface area contributed by atoms with Crippen LogP contribution < -0.4 is 0 Å². The number of benzene rings is 1. The first-order valence-electron chi connectivity index (χ1n) is 4.39. The third-order valence-electron chi connectivity index (χ3n) is 2.95. The molecule has 0 atom stereocenters. The summed E-state index contributed by atoms with van der Waals surface area (Å²) < 4.78 is 13.8. The highest BCUT2D eigenvalue weighted by Gasteiger charge is 2.42. The Labute approximate surface area is 87.0 Å². The van der Waals surface area contributed by atoms with Crippen LogP contribution in [0.5, 0.6) is 0 Å². The van der Waals surface area contributed by atoms with Gasteiger partial charge in [0.05, 0.1) is 4.47 Å². The molecule has 1 fully saturated rings. The largest absolute Gasteiger partial charge is 0.231 e. The van der Waals surface area contributed by atoms with Crippen LogP contribution in [0.2, 0.25) is 0 Å². The Kier molecular flexibility index (Phi) is 1.60. The van der Waals surface area contributed by atoms with Crippen LogP contribution in [0.15, 0.2) is 16.6 Å². The molecule has 70 valence electrons. The van der Waals surface area contributed by atoms with E-state index in [1.807, 2.05) is 6.07 Å². The minimum absolute atomic E-state index is 0.101. The fourth-order valence-corrected chi connectivity index (χ4v) is 5.89. The highest BCUT2D eigenvalue weighted by atomic mass is 79.9. The van der Waals surface area contributed by atoms with Crippen LogP contribution in [0, 0.1) is 5.82 Å². The summed E-state index contributed by atoms with van der Waals surface area (Å²) in [6.07, 6.45) is 0. The van der Waals surface area contributed by atoms with Crippen LogP contribution in [0.3, 0.4) is 0 Å². The molecule has 1 spiro atoms. The number of halogens is 2. The number of hydrogen-bond acceptors (Lipinski definition) is 0. The van der Waals surface area contributed by atoms with E-state index in [1.165, 1.54) is 34.1 Å². The number of rotatable bonds is 0. The van der Waals surface area contributed by atoms with E-state index in [9.17, 15) is 4.39 Å². The second-order valence-corrected chi connectivity index (χ2v) is 8.65. The lowest BCUT2D eigenvalue weighted by Crippen LogP contribution is -1.85. The molecule has 2 heterocycles. The van der Waals surface area contributed by atoms with Gasteiger partial charge in [-0.25, -0.2) is 14.4 Å². The average Bonchev–Trinajstić information content (AvgIpc) is 2.70. The van der Waals surface area contributed by atoms with Gasteiger partial charge in [0.15, 0.2) is 0 Å². The summed E-state index contributed by atoms with van der Waals surface area (Å²) in [5.74, 6) is 5.17. The van der Waals surface area contributed by atoms with Crippen molar-refractivity contribution < 1.29 is 4.39 Å². The molecule has 0 aromatic heterocycles. The summed E-state index contributed by atoms with van der Waals surface area (Å²) in [5.41, 5.74) is 2.66. The molecular weight excluding hydrogens is 251 g/mol. The highest BCUT2D eigenvalue weighted by molar-refractivity contribution is 9.10. The molecule has 1 aromatic carbocycles. The van der Waals surface area contributed by atoms with E-state index in [4.69, 9.17) is 0 Å². The van der Waals surface area contributed by atoms with E-state index in [-0.39, 0.29) is 15.8 Å². The summed E-state index contributed by atoms with van der Waals surface area (Å²) in [7, 11) is -0.276. The van der Waals surface area contributed by atoms with Crippen molar-refractivity contribution in [3.8, 4) is 0 Å². The lowest BCUT2D eigenvalue weighted by atomic mass is 10.1. The number of hydrogen-bond donors (Lipinski definition) is 0. The standard InChI is InChI=1S/C10H10BrFS/c11-9-3-7-5-13(1-2-13)6-8(7)4-10(9)12/h3-4H,1-2,5-6H2. The zero-order valence-electron chi connectivity index (χ0n) is 7.15. The third-order valence-corrected chi connectivity index (χ3v) is 6.96. The number of fused-ring (bicyclic) bond motifs is 1. The Morgan fingerprint density at radius 3 is 2.38 bits per heavy atom. The molecule has 0 saturated carbocycles. The van der Waals surface area contributed by atoms with Gasteiger partial charge in [0.25, 0.3) is 0 Å². The predicted octanol–water partition coefficient (Wildman–Crippen LogP) is 3.42. The molecule has 0 aliphatic carbocycles. The van der Waals surface area contributed by atoms with E-state index in [0.717, 1.165) is 0 Å². The first kappa shape index (κ1) is 8.30. The van der Waals surface area contributed by atoms with Gasteiger partial charge in [-0.15, -0.1) is 0 Å². The summed E-state index contributed by atoms with van der Waals surface area (Å²) in [4.78, 5) is 0. The SMILES string of the molecule is Fc1cc2c(cc1Br)CS1(CC1)C2.